The van der Waals surface area contributed by atoms with Gasteiger partial charge in [-0.15, -0.1) is 0 Å². The van der Waals surface area contributed by atoms with E-state index in [2.05, 4.69) is 22.3 Å². The van der Waals surface area contributed by atoms with Crippen LogP contribution >= 0.6 is 0 Å². The fourth-order valence-electron chi connectivity index (χ4n) is 6.40. The summed E-state index contributed by atoms with van der Waals surface area (Å²) in [5.41, 5.74) is 2.21. The molecule has 0 spiro atoms. The third-order valence-corrected chi connectivity index (χ3v) is 7.38. The van der Waals surface area contributed by atoms with Crippen LogP contribution in [0.25, 0.3) is 0 Å². The van der Waals surface area contributed by atoms with E-state index in [-0.39, 0.29) is 11.9 Å². The molecule has 2 aromatic rings. The summed E-state index contributed by atoms with van der Waals surface area (Å²) in [6, 6.07) is 8.12. The maximum absolute atomic E-state index is 12.8. The Bertz CT molecular complexity index is 776. The summed E-state index contributed by atoms with van der Waals surface area (Å²) in [7, 11) is 0. The normalized spacial score (nSPS) is 32.4. The summed E-state index contributed by atoms with van der Waals surface area (Å²) >= 11 is 0. The maximum atomic E-state index is 12.8. The first-order chi connectivity index (χ1) is 13.1. The first kappa shape index (κ1) is 17.0. The number of aromatic nitrogens is 3. The lowest BCUT2D eigenvalue weighted by atomic mass is 9.48. The molecule has 1 aromatic carbocycles. The van der Waals surface area contributed by atoms with Gasteiger partial charge in [0.1, 0.15) is 12.7 Å². The van der Waals surface area contributed by atoms with E-state index in [9.17, 15) is 4.79 Å². The minimum absolute atomic E-state index is 0.0607. The standard InChI is InChI=1S/C22H28N4O/c1-15(22-9-17-6-18(10-22)8-19(7-17)11-22)25-21(27)20-4-2-16(3-5-20)12-26-14-23-13-24-26/h2-5,13-15,17-19H,6-12H2,1H3,(H,25,27). The SMILES string of the molecule is CC(NC(=O)c1ccc(Cn2cncn2)cc1)C12CC3CC(CC(C3)C1)C2. The highest BCUT2D eigenvalue weighted by Gasteiger charge is 2.53. The van der Waals surface area contributed by atoms with Crippen molar-refractivity contribution >= 4 is 5.91 Å². The Morgan fingerprint density at radius 2 is 1.78 bits per heavy atom. The molecule has 1 unspecified atom stereocenters. The fourth-order valence-corrected chi connectivity index (χ4v) is 6.40. The van der Waals surface area contributed by atoms with Gasteiger partial charge < -0.3 is 5.32 Å². The number of nitrogens with zero attached hydrogens (tertiary/aromatic N) is 3. The van der Waals surface area contributed by atoms with E-state index >= 15 is 0 Å². The second-order valence-electron chi connectivity index (χ2n) is 9.27. The van der Waals surface area contributed by atoms with Gasteiger partial charge in [0.15, 0.2) is 0 Å². The number of carbonyl (C=O) groups excluding carboxylic acids is 1. The zero-order valence-corrected chi connectivity index (χ0v) is 16.0. The Labute approximate surface area is 160 Å². The first-order valence-corrected chi connectivity index (χ1v) is 10.3. The summed E-state index contributed by atoms with van der Waals surface area (Å²) < 4.78 is 1.78. The van der Waals surface area contributed by atoms with Crippen LogP contribution in [-0.2, 0) is 6.54 Å². The van der Waals surface area contributed by atoms with Gasteiger partial charge in [-0.1, -0.05) is 12.1 Å². The number of hydrogen-bond donors (Lipinski definition) is 1. The molecule has 5 nitrogen and oxygen atoms in total. The smallest absolute Gasteiger partial charge is 0.251 e. The molecule has 4 aliphatic rings. The molecule has 1 atom stereocenters. The molecule has 1 aromatic heterocycles. The minimum atomic E-state index is 0.0607. The van der Waals surface area contributed by atoms with Gasteiger partial charge in [0.05, 0.1) is 6.54 Å². The molecular formula is C22H28N4O. The zero-order chi connectivity index (χ0) is 18.4. The molecule has 1 amide bonds. The Balaban J connectivity index is 1.25. The summed E-state index contributed by atoms with van der Waals surface area (Å²) in [4.78, 5) is 16.8. The summed E-state index contributed by atoms with van der Waals surface area (Å²) in [6.07, 6.45) is 11.5. The van der Waals surface area contributed by atoms with E-state index in [0.717, 1.165) is 28.9 Å². The number of amides is 1. The van der Waals surface area contributed by atoms with Crippen molar-refractivity contribution in [2.24, 2.45) is 23.2 Å². The largest absolute Gasteiger partial charge is 0.349 e. The van der Waals surface area contributed by atoms with Crippen LogP contribution in [0.2, 0.25) is 0 Å². The van der Waals surface area contributed by atoms with Gasteiger partial charge in [-0.2, -0.15) is 5.10 Å². The van der Waals surface area contributed by atoms with Crippen LogP contribution in [0.15, 0.2) is 36.9 Å². The van der Waals surface area contributed by atoms with Gasteiger partial charge in [-0.25, -0.2) is 9.67 Å². The first-order valence-electron chi connectivity index (χ1n) is 10.3. The fraction of sp³-hybridized carbons (Fsp3) is 0.591. The van der Waals surface area contributed by atoms with Crippen LogP contribution in [-0.4, -0.2) is 26.7 Å². The lowest BCUT2D eigenvalue weighted by Crippen LogP contribution is -2.55. The van der Waals surface area contributed by atoms with Crippen molar-refractivity contribution < 1.29 is 4.79 Å². The highest BCUT2D eigenvalue weighted by molar-refractivity contribution is 5.94. The summed E-state index contributed by atoms with van der Waals surface area (Å²) in [5.74, 6) is 2.79. The second kappa shape index (κ2) is 6.47. The molecule has 0 aliphatic heterocycles. The second-order valence-corrected chi connectivity index (χ2v) is 9.27. The van der Waals surface area contributed by atoms with Crippen molar-refractivity contribution in [1.29, 1.82) is 0 Å². The maximum Gasteiger partial charge on any atom is 0.251 e. The molecule has 0 saturated heterocycles. The highest BCUT2D eigenvalue weighted by Crippen LogP contribution is 2.61. The third-order valence-electron chi connectivity index (χ3n) is 7.38. The molecule has 0 radical (unpaired) electrons. The predicted octanol–water partition coefficient (Wildman–Crippen LogP) is 3.66. The van der Waals surface area contributed by atoms with Gasteiger partial charge in [0.25, 0.3) is 5.91 Å². The average Bonchev–Trinajstić information content (AvgIpc) is 3.14. The molecule has 6 rings (SSSR count). The zero-order valence-electron chi connectivity index (χ0n) is 16.0. The van der Waals surface area contributed by atoms with Crippen molar-refractivity contribution in [3.05, 3.63) is 48.0 Å². The van der Waals surface area contributed by atoms with Gasteiger partial charge in [0.2, 0.25) is 0 Å². The van der Waals surface area contributed by atoms with Gasteiger partial charge in [-0.05, 0) is 86.3 Å². The topological polar surface area (TPSA) is 59.8 Å². The molecule has 142 valence electrons. The Hall–Kier alpha value is -2.17. The lowest BCUT2D eigenvalue weighted by molar-refractivity contribution is -0.0688. The average molecular weight is 364 g/mol. The van der Waals surface area contributed by atoms with Crippen LogP contribution < -0.4 is 5.32 Å². The summed E-state index contributed by atoms with van der Waals surface area (Å²) in [5, 5.41) is 7.48. The van der Waals surface area contributed by atoms with Crippen LogP contribution in [0.4, 0.5) is 0 Å². The predicted molar refractivity (Wildman–Crippen MR) is 103 cm³/mol. The van der Waals surface area contributed by atoms with Crippen molar-refractivity contribution in [2.75, 3.05) is 0 Å². The van der Waals surface area contributed by atoms with E-state index in [1.54, 1.807) is 11.0 Å². The number of benzene rings is 1. The van der Waals surface area contributed by atoms with Crippen LogP contribution in [0, 0.1) is 23.2 Å². The number of carbonyl (C=O) groups is 1. The number of rotatable bonds is 5. The van der Waals surface area contributed by atoms with E-state index in [0.29, 0.717) is 12.0 Å². The Morgan fingerprint density at radius 1 is 1.15 bits per heavy atom. The van der Waals surface area contributed by atoms with Crippen molar-refractivity contribution in [2.45, 2.75) is 58.0 Å². The van der Waals surface area contributed by atoms with Crippen molar-refractivity contribution in [3.8, 4) is 0 Å². The Morgan fingerprint density at radius 3 is 2.33 bits per heavy atom. The number of nitrogens with one attached hydrogen (secondary N) is 1. The van der Waals surface area contributed by atoms with Gasteiger partial charge >= 0.3 is 0 Å². The van der Waals surface area contributed by atoms with Crippen LogP contribution in [0.1, 0.15) is 61.4 Å². The Kier molecular flexibility index (Phi) is 4.06. The van der Waals surface area contributed by atoms with Crippen LogP contribution in [0.5, 0.6) is 0 Å². The van der Waals surface area contributed by atoms with E-state index in [1.807, 2.05) is 24.3 Å². The van der Waals surface area contributed by atoms with Gasteiger partial charge in [-0.3, -0.25) is 4.79 Å². The van der Waals surface area contributed by atoms with Crippen molar-refractivity contribution in [3.63, 3.8) is 0 Å². The quantitative estimate of drug-likeness (QED) is 0.881. The molecule has 1 N–H and O–H groups in total. The molecule has 1 heterocycles. The van der Waals surface area contributed by atoms with Crippen LogP contribution in [0.3, 0.4) is 0 Å². The minimum Gasteiger partial charge on any atom is -0.349 e. The molecule has 5 heteroatoms. The molecule has 4 aliphatic carbocycles. The molecule has 4 fully saturated rings. The number of hydrogen-bond acceptors (Lipinski definition) is 3. The molecule has 4 saturated carbocycles. The highest BCUT2D eigenvalue weighted by atomic mass is 16.1. The molecular weight excluding hydrogens is 336 g/mol. The third kappa shape index (κ3) is 3.17. The van der Waals surface area contributed by atoms with E-state index in [4.69, 9.17) is 0 Å². The summed E-state index contributed by atoms with van der Waals surface area (Å²) in [6.45, 7) is 2.91. The van der Waals surface area contributed by atoms with E-state index < -0.39 is 0 Å². The van der Waals surface area contributed by atoms with Crippen molar-refractivity contribution in [1.82, 2.24) is 20.1 Å². The van der Waals surface area contributed by atoms with Gasteiger partial charge in [0, 0.05) is 11.6 Å². The lowest BCUT2D eigenvalue weighted by Gasteiger charge is -2.59. The molecule has 27 heavy (non-hydrogen) atoms. The monoisotopic (exact) mass is 364 g/mol. The van der Waals surface area contributed by atoms with E-state index in [1.165, 1.54) is 44.9 Å². The molecule has 4 bridgehead atoms.